The van der Waals surface area contributed by atoms with Gasteiger partial charge in [0.1, 0.15) is 0 Å². The summed E-state index contributed by atoms with van der Waals surface area (Å²) < 4.78 is 25.3. The fraction of sp³-hybridized carbons (Fsp3) is 0.0500. The van der Waals surface area contributed by atoms with Gasteiger partial charge in [-0.05, 0) is 49.1 Å². The van der Waals surface area contributed by atoms with Crippen molar-refractivity contribution >= 4 is 27.4 Å². The number of hydrazone groups is 1. The van der Waals surface area contributed by atoms with Gasteiger partial charge in [-0.2, -0.15) is 5.10 Å². The first-order chi connectivity index (χ1) is 13.8. The second kappa shape index (κ2) is 8.11. The number of benzene rings is 3. The lowest BCUT2D eigenvalue weighted by Crippen LogP contribution is -2.02. The van der Waals surface area contributed by atoms with E-state index in [0.717, 1.165) is 17.7 Å². The van der Waals surface area contributed by atoms with Crippen LogP contribution in [0.1, 0.15) is 11.1 Å². The van der Waals surface area contributed by atoms with Crippen molar-refractivity contribution in [2.75, 3.05) is 5.43 Å². The highest BCUT2D eigenvalue weighted by Gasteiger charge is 2.17. The summed E-state index contributed by atoms with van der Waals surface area (Å²) in [6.07, 6.45) is 1.32. The van der Waals surface area contributed by atoms with Gasteiger partial charge in [-0.1, -0.05) is 29.8 Å². The van der Waals surface area contributed by atoms with Crippen LogP contribution in [0.25, 0.3) is 0 Å². The van der Waals surface area contributed by atoms with Crippen molar-refractivity contribution in [2.45, 2.75) is 16.7 Å². The zero-order chi connectivity index (χ0) is 21.0. The molecule has 0 heterocycles. The number of hydrogen-bond acceptors (Lipinski definition) is 7. The Morgan fingerprint density at radius 1 is 0.966 bits per heavy atom. The molecule has 29 heavy (non-hydrogen) atoms. The first-order valence-electron chi connectivity index (χ1n) is 8.44. The summed E-state index contributed by atoms with van der Waals surface area (Å²) in [4.78, 5) is 10.4. The first-order valence-corrected chi connectivity index (χ1v) is 9.92. The molecule has 0 atom stereocenters. The van der Waals surface area contributed by atoms with Gasteiger partial charge in [0.25, 0.3) is 5.69 Å². The number of aryl methyl sites for hydroxylation is 1. The number of nitro groups is 1. The van der Waals surface area contributed by atoms with Crippen LogP contribution < -0.4 is 10.5 Å². The molecule has 3 rings (SSSR count). The maximum absolute atomic E-state index is 12.6. The fourth-order valence-electron chi connectivity index (χ4n) is 2.50. The van der Waals surface area contributed by atoms with E-state index < -0.39 is 26.2 Å². The van der Waals surface area contributed by atoms with Gasteiger partial charge in [-0.25, -0.2) is 8.42 Å². The van der Waals surface area contributed by atoms with E-state index in [-0.39, 0.29) is 9.79 Å². The predicted molar refractivity (Wildman–Crippen MR) is 107 cm³/mol. The van der Waals surface area contributed by atoms with E-state index in [1.165, 1.54) is 24.4 Å². The van der Waals surface area contributed by atoms with Crippen LogP contribution >= 0.6 is 0 Å². The van der Waals surface area contributed by atoms with E-state index in [0.29, 0.717) is 11.3 Å². The third kappa shape index (κ3) is 4.58. The van der Waals surface area contributed by atoms with Crippen LogP contribution in [0.4, 0.5) is 11.4 Å². The first kappa shape index (κ1) is 20.0. The largest absolute Gasteiger partial charge is 0.868 e. The van der Waals surface area contributed by atoms with E-state index >= 15 is 0 Å². The molecule has 0 saturated carbocycles. The van der Waals surface area contributed by atoms with Crippen molar-refractivity contribution in [1.82, 2.24) is 0 Å². The Labute approximate surface area is 167 Å². The summed E-state index contributed by atoms with van der Waals surface area (Å²) >= 11 is 0. The molecule has 1 N–H and O–H groups in total. The SMILES string of the molecule is Cc1ccc(S(=O)(=O)c2ccc(N/N=C\c3ccc([O-])c([N+](=O)[O-])c3)cc2)cc1. The maximum atomic E-state index is 12.6. The molecule has 0 aliphatic heterocycles. The topological polar surface area (TPSA) is 125 Å². The maximum Gasteiger partial charge on any atom is 0.262 e. The zero-order valence-corrected chi connectivity index (χ0v) is 16.1. The van der Waals surface area contributed by atoms with E-state index in [2.05, 4.69) is 10.5 Å². The van der Waals surface area contributed by atoms with Crippen molar-refractivity contribution in [3.8, 4) is 5.75 Å². The molecule has 0 radical (unpaired) electrons. The smallest absolute Gasteiger partial charge is 0.262 e. The molecule has 148 valence electrons. The van der Waals surface area contributed by atoms with E-state index in [1.54, 1.807) is 36.4 Å². The molecule has 0 aliphatic carbocycles. The second-order valence-electron chi connectivity index (χ2n) is 6.20. The van der Waals surface area contributed by atoms with Gasteiger partial charge in [-0.15, -0.1) is 0 Å². The minimum absolute atomic E-state index is 0.151. The second-order valence-corrected chi connectivity index (χ2v) is 8.14. The average molecular weight is 410 g/mol. The Balaban J connectivity index is 1.73. The molecule has 3 aromatic rings. The average Bonchev–Trinajstić information content (AvgIpc) is 2.70. The third-order valence-electron chi connectivity index (χ3n) is 4.08. The highest BCUT2D eigenvalue weighted by atomic mass is 32.2. The monoisotopic (exact) mass is 410 g/mol. The molecule has 0 spiro atoms. The van der Waals surface area contributed by atoms with Crippen LogP contribution in [0.3, 0.4) is 0 Å². The van der Waals surface area contributed by atoms with Crippen LogP contribution in [0.5, 0.6) is 5.75 Å². The van der Waals surface area contributed by atoms with Crippen molar-refractivity contribution in [3.63, 3.8) is 0 Å². The van der Waals surface area contributed by atoms with Crippen molar-refractivity contribution in [3.05, 3.63) is 88.0 Å². The normalized spacial score (nSPS) is 11.5. The fourth-order valence-corrected chi connectivity index (χ4v) is 3.76. The molecular formula is C20H16N3O5S-. The Morgan fingerprint density at radius 3 is 2.14 bits per heavy atom. The summed E-state index contributed by atoms with van der Waals surface area (Å²) in [7, 11) is -3.61. The van der Waals surface area contributed by atoms with E-state index in [1.807, 2.05) is 6.92 Å². The van der Waals surface area contributed by atoms with Crippen LogP contribution in [-0.2, 0) is 9.84 Å². The lowest BCUT2D eigenvalue weighted by molar-refractivity contribution is -0.398. The third-order valence-corrected chi connectivity index (χ3v) is 5.87. The minimum Gasteiger partial charge on any atom is -0.868 e. The van der Waals surface area contributed by atoms with Gasteiger partial charge in [0, 0.05) is 11.6 Å². The molecule has 0 aliphatic rings. The quantitative estimate of drug-likeness (QED) is 0.378. The number of nitrogens with zero attached hydrogens (tertiary/aromatic N) is 2. The van der Waals surface area contributed by atoms with Gasteiger partial charge in [0.15, 0.2) is 0 Å². The van der Waals surface area contributed by atoms with Gasteiger partial charge in [0.2, 0.25) is 9.84 Å². The molecule has 0 saturated heterocycles. The highest BCUT2D eigenvalue weighted by molar-refractivity contribution is 7.91. The number of anilines is 1. The number of nitro benzene ring substituents is 1. The van der Waals surface area contributed by atoms with Gasteiger partial charge < -0.3 is 5.11 Å². The number of hydrogen-bond donors (Lipinski definition) is 1. The van der Waals surface area contributed by atoms with E-state index in [4.69, 9.17) is 0 Å². The van der Waals surface area contributed by atoms with Crippen molar-refractivity contribution < 1.29 is 18.4 Å². The standard InChI is InChI=1S/C20H17N3O5S/c1-14-2-7-17(8-3-14)29(27,28)18-9-5-16(6-10-18)22-21-13-15-4-11-20(24)19(12-15)23(25)26/h2-13,22,24H,1H3/p-1/b21-13-. The van der Waals surface area contributed by atoms with Crippen molar-refractivity contribution in [2.24, 2.45) is 5.10 Å². The summed E-state index contributed by atoms with van der Waals surface area (Å²) in [5.74, 6) is -0.675. The van der Waals surface area contributed by atoms with Crippen LogP contribution in [0.2, 0.25) is 0 Å². The lowest BCUT2D eigenvalue weighted by Gasteiger charge is -2.07. The molecule has 8 nitrogen and oxygen atoms in total. The Kier molecular flexibility index (Phi) is 5.60. The molecule has 9 heteroatoms. The van der Waals surface area contributed by atoms with Gasteiger partial charge >= 0.3 is 0 Å². The molecule has 0 amide bonds. The summed E-state index contributed by atoms with van der Waals surface area (Å²) in [6, 6.07) is 16.3. The molecular weight excluding hydrogens is 394 g/mol. The summed E-state index contributed by atoms with van der Waals surface area (Å²) in [5, 5.41) is 26.1. The Hall–Kier alpha value is -3.72. The Bertz CT molecular complexity index is 1170. The lowest BCUT2D eigenvalue weighted by atomic mass is 10.2. The van der Waals surface area contributed by atoms with Gasteiger partial charge in [0.05, 0.1) is 26.6 Å². The molecule has 0 fully saturated rings. The predicted octanol–water partition coefficient (Wildman–Crippen LogP) is 3.26. The van der Waals surface area contributed by atoms with E-state index in [9.17, 15) is 23.6 Å². The van der Waals surface area contributed by atoms with Gasteiger partial charge in [-0.3, -0.25) is 15.5 Å². The number of sulfone groups is 1. The Morgan fingerprint density at radius 2 is 1.55 bits per heavy atom. The zero-order valence-electron chi connectivity index (χ0n) is 15.3. The molecule has 0 bridgehead atoms. The number of rotatable bonds is 6. The van der Waals surface area contributed by atoms with Crippen LogP contribution in [0, 0.1) is 17.0 Å². The van der Waals surface area contributed by atoms with Crippen LogP contribution in [-0.4, -0.2) is 19.6 Å². The molecule has 3 aromatic carbocycles. The molecule has 0 aromatic heterocycles. The van der Waals surface area contributed by atoms with Crippen molar-refractivity contribution in [1.29, 1.82) is 0 Å². The molecule has 0 unspecified atom stereocenters. The number of nitrogens with one attached hydrogen (secondary N) is 1. The highest BCUT2D eigenvalue weighted by Crippen LogP contribution is 2.24. The minimum atomic E-state index is -3.61. The summed E-state index contributed by atoms with van der Waals surface area (Å²) in [6.45, 7) is 1.88. The summed E-state index contributed by atoms with van der Waals surface area (Å²) in [5.41, 5.74) is 4.05. The van der Waals surface area contributed by atoms with Crippen LogP contribution in [0.15, 0.2) is 81.6 Å².